The summed E-state index contributed by atoms with van der Waals surface area (Å²) in [5.41, 5.74) is 1.52. The van der Waals surface area contributed by atoms with E-state index in [-0.39, 0.29) is 24.0 Å². The number of carbonyl (C=O) groups is 1. The molecule has 8 heteroatoms. The third-order valence-electron chi connectivity index (χ3n) is 6.20. The molecule has 0 radical (unpaired) electrons. The van der Waals surface area contributed by atoms with Gasteiger partial charge in [-0.05, 0) is 50.2 Å². The van der Waals surface area contributed by atoms with Crippen LogP contribution in [0.3, 0.4) is 0 Å². The number of nitrogens with one attached hydrogen (secondary N) is 1. The highest BCUT2D eigenvalue weighted by molar-refractivity contribution is 5.96. The number of hydrogen-bond acceptors (Lipinski definition) is 7. The van der Waals surface area contributed by atoms with Crippen LogP contribution < -0.4 is 19.7 Å². The van der Waals surface area contributed by atoms with Crippen molar-refractivity contribution in [1.29, 1.82) is 0 Å². The number of nitrogens with zero attached hydrogens (tertiary/aromatic N) is 3. The minimum atomic E-state index is -0.243. The van der Waals surface area contributed by atoms with Crippen molar-refractivity contribution in [2.45, 2.75) is 26.1 Å². The number of benzene rings is 2. The number of anilines is 1. The molecule has 196 valence electrons. The first-order valence-electron chi connectivity index (χ1n) is 12.8. The van der Waals surface area contributed by atoms with Crippen molar-refractivity contribution in [2.24, 2.45) is 0 Å². The SMILES string of the molecule is COC(CNC(=O)c1cccnc1Oc1ccccc1)CN1CCN(c2ccccc2OC(C)C)CC1. The number of para-hydroxylation sites is 3. The summed E-state index contributed by atoms with van der Waals surface area (Å²) < 4.78 is 17.5. The summed E-state index contributed by atoms with van der Waals surface area (Å²) in [5, 5.41) is 2.99. The van der Waals surface area contributed by atoms with Crippen LogP contribution in [0, 0.1) is 0 Å². The smallest absolute Gasteiger partial charge is 0.256 e. The van der Waals surface area contributed by atoms with Crippen LogP contribution in [-0.2, 0) is 4.74 Å². The number of amides is 1. The molecule has 37 heavy (non-hydrogen) atoms. The zero-order chi connectivity index (χ0) is 26.0. The first-order valence-corrected chi connectivity index (χ1v) is 12.8. The second-order valence-corrected chi connectivity index (χ2v) is 9.26. The fourth-order valence-corrected chi connectivity index (χ4v) is 4.30. The van der Waals surface area contributed by atoms with Gasteiger partial charge in [-0.15, -0.1) is 0 Å². The van der Waals surface area contributed by atoms with E-state index in [2.05, 4.69) is 32.2 Å². The second kappa shape index (κ2) is 13.1. The number of ether oxygens (including phenoxy) is 3. The summed E-state index contributed by atoms with van der Waals surface area (Å²) in [6, 6.07) is 21.0. The van der Waals surface area contributed by atoms with E-state index in [9.17, 15) is 4.79 Å². The molecule has 1 amide bonds. The van der Waals surface area contributed by atoms with Gasteiger partial charge in [0.25, 0.3) is 5.91 Å². The van der Waals surface area contributed by atoms with Gasteiger partial charge in [0, 0.05) is 52.6 Å². The maximum absolute atomic E-state index is 13.0. The van der Waals surface area contributed by atoms with Crippen LogP contribution in [0.4, 0.5) is 5.69 Å². The van der Waals surface area contributed by atoms with Gasteiger partial charge in [-0.2, -0.15) is 0 Å². The Hall–Kier alpha value is -3.62. The van der Waals surface area contributed by atoms with Gasteiger partial charge in [0.1, 0.15) is 17.1 Å². The van der Waals surface area contributed by atoms with Crippen molar-refractivity contribution < 1.29 is 19.0 Å². The lowest BCUT2D eigenvalue weighted by Gasteiger charge is -2.38. The highest BCUT2D eigenvalue weighted by Gasteiger charge is 2.23. The summed E-state index contributed by atoms with van der Waals surface area (Å²) >= 11 is 0. The Morgan fingerprint density at radius 1 is 0.973 bits per heavy atom. The van der Waals surface area contributed by atoms with Crippen LogP contribution >= 0.6 is 0 Å². The van der Waals surface area contributed by atoms with E-state index in [0.29, 0.717) is 17.9 Å². The summed E-state index contributed by atoms with van der Waals surface area (Å²) in [4.78, 5) is 22.0. The molecule has 2 aromatic carbocycles. The summed E-state index contributed by atoms with van der Waals surface area (Å²) in [5.74, 6) is 1.59. The van der Waals surface area contributed by atoms with Crippen LogP contribution in [0.2, 0.25) is 0 Å². The number of pyridine rings is 1. The predicted molar refractivity (Wildman–Crippen MR) is 145 cm³/mol. The molecule has 1 aliphatic rings. The number of carbonyl (C=O) groups excluding carboxylic acids is 1. The van der Waals surface area contributed by atoms with Gasteiger partial charge in [0.15, 0.2) is 0 Å². The van der Waals surface area contributed by atoms with Gasteiger partial charge in [-0.25, -0.2) is 4.98 Å². The van der Waals surface area contributed by atoms with Crippen molar-refractivity contribution in [3.8, 4) is 17.4 Å². The van der Waals surface area contributed by atoms with Crippen LogP contribution in [0.25, 0.3) is 0 Å². The van der Waals surface area contributed by atoms with E-state index >= 15 is 0 Å². The molecule has 1 atom stereocenters. The van der Waals surface area contributed by atoms with Gasteiger partial charge in [-0.3, -0.25) is 9.69 Å². The molecular weight excluding hydrogens is 468 g/mol. The van der Waals surface area contributed by atoms with E-state index < -0.39 is 0 Å². The van der Waals surface area contributed by atoms with Crippen molar-refractivity contribution in [3.05, 3.63) is 78.5 Å². The summed E-state index contributed by atoms with van der Waals surface area (Å²) in [6.07, 6.45) is 1.61. The lowest BCUT2D eigenvalue weighted by atomic mass is 10.2. The fourth-order valence-electron chi connectivity index (χ4n) is 4.30. The maximum atomic E-state index is 13.0. The minimum absolute atomic E-state index is 0.132. The average molecular weight is 505 g/mol. The van der Waals surface area contributed by atoms with Gasteiger partial charge >= 0.3 is 0 Å². The molecular formula is C29H36N4O4. The molecule has 1 unspecified atom stereocenters. The molecule has 1 N–H and O–H groups in total. The van der Waals surface area contributed by atoms with Gasteiger partial charge < -0.3 is 24.4 Å². The number of methoxy groups -OCH3 is 1. The molecule has 1 aliphatic heterocycles. The fraction of sp³-hybridized carbons (Fsp3) is 0.379. The Morgan fingerprint density at radius 2 is 1.70 bits per heavy atom. The third kappa shape index (κ3) is 7.44. The Labute approximate surface area is 219 Å². The largest absolute Gasteiger partial charge is 0.489 e. The molecule has 3 aromatic rings. The molecule has 4 rings (SSSR count). The highest BCUT2D eigenvalue weighted by Crippen LogP contribution is 2.29. The normalized spacial score (nSPS) is 14.9. The Bertz CT molecular complexity index is 1130. The monoisotopic (exact) mass is 504 g/mol. The van der Waals surface area contributed by atoms with Crippen LogP contribution in [0.15, 0.2) is 72.9 Å². The molecule has 1 aromatic heterocycles. The zero-order valence-electron chi connectivity index (χ0n) is 21.8. The van der Waals surface area contributed by atoms with Crippen molar-refractivity contribution >= 4 is 11.6 Å². The van der Waals surface area contributed by atoms with Crippen LogP contribution in [0.1, 0.15) is 24.2 Å². The van der Waals surface area contributed by atoms with Crippen molar-refractivity contribution in [1.82, 2.24) is 15.2 Å². The minimum Gasteiger partial charge on any atom is -0.489 e. The summed E-state index contributed by atoms with van der Waals surface area (Å²) in [6.45, 7) is 8.82. The molecule has 0 bridgehead atoms. The topological polar surface area (TPSA) is 76.2 Å². The van der Waals surface area contributed by atoms with Crippen molar-refractivity contribution in [2.75, 3.05) is 51.3 Å². The number of hydrogen-bond donors (Lipinski definition) is 1. The third-order valence-corrected chi connectivity index (χ3v) is 6.20. The second-order valence-electron chi connectivity index (χ2n) is 9.26. The van der Waals surface area contributed by atoms with E-state index in [1.807, 2.05) is 56.3 Å². The zero-order valence-corrected chi connectivity index (χ0v) is 21.8. The van der Waals surface area contributed by atoms with E-state index in [0.717, 1.165) is 44.2 Å². The first-order chi connectivity index (χ1) is 18.0. The molecule has 8 nitrogen and oxygen atoms in total. The van der Waals surface area contributed by atoms with Crippen LogP contribution in [0.5, 0.6) is 17.4 Å². The number of rotatable bonds is 11. The predicted octanol–water partition coefficient (Wildman–Crippen LogP) is 4.23. The Morgan fingerprint density at radius 3 is 2.43 bits per heavy atom. The number of piperazine rings is 1. The molecule has 0 aliphatic carbocycles. The van der Waals surface area contributed by atoms with Gasteiger partial charge in [-0.1, -0.05) is 30.3 Å². The number of aromatic nitrogens is 1. The Kier molecular flexibility index (Phi) is 9.35. The van der Waals surface area contributed by atoms with Gasteiger partial charge in [0.05, 0.1) is 17.9 Å². The first kappa shape index (κ1) is 26.4. The quantitative estimate of drug-likeness (QED) is 0.419. The van der Waals surface area contributed by atoms with Crippen LogP contribution in [-0.4, -0.2) is 74.4 Å². The molecule has 2 heterocycles. The van der Waals surface area contributed by atoms with E-state index in [1.54, 1.807) is 25.4 Å². The highest BCUT2D eigenvalue weighted by atomic mass is 16.5. The molecule has 0 saturated carbocycles. The standard InChI is InChI=1S/C29H36N4O4/c1-22(2)36-27-14-8-7-13-26(27)33-18-16-32(17-19-33)21-24(35-3)20-31-28(34)25-12-9-15-30-29(25)37-23-10-5-4-6-11-23/h4-15,22,24H,16-21H2,1-3H3,(H,31,34). The molecule has 0 spiro atoms. The van der Waals surface area contributed by atoms with Crippen molar-refractivity contribution in [3.63, 3.8) is 0 Å². The van der Waals surface area contributed by atoms with E-state index in [1.165, 1.54) is 0 Å². The average Bonchev–Trinajstić information content (AvgIpc) is 2.92. The maximum Gasteiger partial charge on any atom is 0.256 e. The Balaban J connectivity index is 1.29. The lowest BCUT2D eigenvalue weighted by molar-refractivity contribution is 0.0583. The molecule has 1 saturated heterocycles. The molecule has 1 fully saturated rings. The summed E-state index contributed by atoms with van der Waals surface area (Å²) in [7, 11) is 1.68. The van der Waals surface area contributed by atoms with E-state index in [4.69, 9.17) is 14.2 Å². The lowest BCUT2D eigenvalue weighted by Crippen LogP contribution is -2.50. The van der Waals surface area contributed by atoms with Gasteiger partial charge in [0.2, 0.25) is 5.88 Å².